The van der Waals surface area contributed by atoms with Crippen molar-refractivity contribution in [2.75, 3.05) is 39.3 Å². The third-order valence-corrected chi connectivity index (χ3v) is 2.28. The number of amides is 1. The highest BCUT2D eigenvalue weighted by molar-refractivity contribution is 5.96. The minimum atomic E-state index is -0.597. The van der Waals surface area contributed by atoms with Crippen LogP contribution >= 0.6 is 0 Å². The lowest BCUT2D eigenvalue weighted by atomic mass is 10.2. The average molecular weight is 269 g/mol. The number of pyridine rings is 1. The molecule has 7 heteroatoms. The van der Waals surface area contributed by atoms with Crippen LogP contribution < -0.4 is 16.2 Å². The molecule has 0 unspecified atom stereocenters. The van der Waals surface area contributed by atoms with E-state index in [1.807, 2.05) is 0 Å². The van der Waals surface area contributed by atoms with E-state index in [2.05, 4.69) is 4.98 Å². The largest absolute Gasteiger partial charge is 0.491 e. The number of methoxy groups -OCH3 is 1. The molecule has 1 aromatic heterocycles. The average Bonchev–Trinajstić information content (AvgIpc) is 2.39. The van der Waals surface area contributed by atoms with Gasteiger partial charge in [-0.05, 0) is 6.07 Å². The molecule has 0 atom stereocenters. The highest BCUT2D eigenvalue weighted by atomic mass is 16.5. The van der Waals surface area contributed by atoms with E-state index in [-0.39, 0.29) is 11.4 Å². The summed E-state index contributed by atoms with van der Waals surface area (Å²) >= 11 is 0. The second-order valence-corrected chi connectivity index (χ2v) is 3.78. The van der Waals surface area contributed by atoms with Crippen LogP contribution in [0, 0.1) is 0 Å². The third-order valence-electron chi connectivity index (χ3n) is 2.28. The summed E-state index contributed by atoms with van der Waals surface area (Å²) in [5.74, 6) is -0.0388. The second-order valence-electron chi connectivity index (χ2n) is 3.78. The molecule has 4 N–H and O–H groups in total. The van der Waals surface area contributed by atoms with Crippen LogP contribution in [0.15, 0.2) is 12.3 Å². The van der Waals surface area contributed by atoms with Crippen LogP contribution in [-0.4, -0.2) is 44.4 Å². The summed E-state index contributed by atoms with van der Waals surface area (Å²) in [6.07, 6.45) is 2.08. The van der Waals surface area contributed by atoms with Crippen LogP contribution in [0.3, 0.4) is 0 Å². The van der Waals surface area contributed by atoms with Crippen molar-refractivity contribution in [2.45, 2.75) is 6.42 Å². The van der Waals surface area contributed by atoms with Gasteiger partial charge in [-0.15, -0.1) is 0 Å². The Labute approximate surface area is 111 Å². The van der Waals surface area contributed by atoms with Crippen molar-refractivity contribution in [2.24, 2.45) is 5.73 Å². The number of carbonyl (C=O) groups excluding carboxylic acids is 1. The summed E-state index contributed by atoms with van der Waals surface area (Å²) in [6, 6.07) is 1.40. The van der Waals surface area contributed by atoms with Gasteiger partial charge in [0.25, 0.3) is 5.91 Å². The van der Waals surface area contributed by atoms with E-state index in [9.17, 15) is 4.79 Å². The normalized spacial score (nSPS) is 10.4. The van der Waals surface area contributed by atoms with E-state index in [1.54, 1.807) is 7.11 Å². The molecule has 0 aromatic carbocycles. The molecule has 19 heavy (non-hydrogen) atoms. The molecule has 0 aliphatic heterocycles. The Bertz CT molecular complexity index is 412. The van der Waals surface area contributed by atoms with Crippen molar-refractivity contribution < 1.29 is 19.0 Å². The number of ether oxygens (including phenoxy) is 3. The lowest BCUT2D eigenvalue weighted by molar-refractivity contribution is 0.0643. The number of hydrogen-bond donors (Lipinski definition) is 2. The predicted octanol–water partition coefficient (Wildman–Crippen LogP) is 0.195. The van der Waals surface area contributed by atoms with Crippen molar-refractivity contribution in [3.05, 3.63) is 17.8 Å². The minimum Gasteiger partial charge on any atom is -0.491 e. The Hall–Kier alpha value is -1.86. The van der Waals surface area contributed by atoms with Crippen molar-refractivity contribution >= 4 is 11.7 Å². The van der Waals surface area contributed by atoms with Crippen molar-refractivity contribution in [1.29, 1.82) is 0 Å². The molecule has 0 aliphatic rings. The summed E-state index contributed by atoms with van der Waals surface area (Å²) < 4.78 is 15.5. The smallest absolute Gasteiger partial charge is 0.252 e. The number of aromatic nitrogens is 1. The Morgan fingerprint density at radius 3 is 2.79 bits per heavy atom. The molecule has 0 aliphatic carbocycles. The molecule has 0 spiro atoms. The zero-order chi connectivity index (χ0) is 14.1. The van der Waals surface area contributed by atoms with E-state index < -0.39 is 5.91 Å². The Balaban J connectivity index is 2.35. The highest BCUT2D eigenvalue weighted by Crippen LogP contribution is 2.18. The zero-order valence-electron chi connectivity index (χ0n) is 10.9. The van der Waals surface area contributed by atoms with E-state index in [1.165, 1.54) is 12.3 Å². The minimum absolute atomic E-state index is 0.226. The van der Waals surface area contributed by atoms with Gasteiger partial charge >= 0.3 is 0 Å². The number of carbonyl (C=O) groups is 1. The summed E-state index contributed by atoms with van der Waals surface area (Å²) in [6.45, 7) is 2.07. The SMILES string of the molecule is COCCOCCCOc1cnc(N)cc1C(N)=O. The Morgan fingerprint density at radius 2 is 2.11 bits per heavy atom. The van der Waals surface area contributed by atoms with Gasteiger partial charge in [0.15, 0.2) is 0 Å². The molecule has 1 aromatic rings. The lowest BCUT2D eigenvalue weighted by Crippen LogP contribution is -2.15. The topological polar surface area (TPSA) is 110 Å². The molecule has 106 valence electrons. The van der Waals surface area contributed by atoms with Gasteiger partial charge in [-0.2, -0.15) is 0 Å². The van der Waals surface area contributed by atoms with Crippen LogP contribution in [0.4, 0.5) is 5.82 Å². The van der Waals surface area contributed by atoms with E-state index >= 15 is 0 Å². The van der Waals surface area contributed by atoms with Gasteiger partial charge in [-0.25, -0.2) is 4.98 Å². The molecule has 0 radical (unpaired) electrons. The summed E-state index contributed by atoms with van der Waals surface area (Å²) in [7, 11) is 1.62. The molecular formula is C12H19N3O4. The molecule has 0 saturated heterocycles. The van der Waals surface area contributed by atoms with Crippen LogP contribution in [0.25, 0.3) is 0 Å². The fraction of sp³-hybridized carbons (Fsp3) is 0.500. The molecule has 0 fully saturated rings. The highest BCUT2D eigenvalue weighted by Gasteiger charge is 2.10. The van der Waals surface area contributed by atoms with Crippen molar-refractivity contribution in [1.82, 2.24) is 4.98 Å². The number of hydrogen-bond acceptors (Lipinski definition) is 6. The molecule has 0 saturated carbocycles. The maximum absolute atomic E-state index is 11.2. The van der Waals surface area contributed by atoms with Crippen LogP contribution in [0.2, 0.25) is 0 Å². The molecule has 0 bridgehead atoms. The van der Waals surface area contributed by atoms with E-state index in [4.69, 9.17) is 25.7 Å². The molecule has 7 nitrogen and oxygen atoms in total. The Kier molecular flexibility index (Phi) is 6.62. The second kappa shape index (κ2) is 8.28. The maximum Gasteiger partial charge on any atom is 0.252 e. The van der Waals surface area contributed by atoms with Crippen LogP contribution in [-0.2, 0) is 9.47 Å². The maximum atomic E-state index is 11.2. The summed E-state index contributed by atoms with van der Waals surface area (Å²) in [5, 5.41) is 0. The van der Waals surface area contributed by atoms with Crippen molar-refractivity contribution in [3.63, 3.8) is 0 Å². The van der Waals surface area contributed by atoms with Gasteiger partial charge in [-0.1, -0.05) is 0 Å². The summed E-state index contributed by atoms with van der Waals surface area (Å²) in [4.78, 5) is 15.1. The van der Waals surface area contributed by atoms with Gasteiger partial charge in [0, 0.05) is 20.1 Å². The standard InChI is InChI=1S/C12H19N3O4/c1-17-5-6-18-3-2-4-19-10-8-15-11(13)7-9(10)12(14)16/h7-8H,2-6H2,1H3,(H2,13,15)(H2,14,16). The first kappa shape index (κ1) is 15.2. The number of primary amides is 1. The van der Waals surface area contributed by atoms with Crippen LogP contribution in [0.5, 0.6) is 5.75 Å². The van der Waals surface area contributed by atoms with E-state index in [0.717, 1.165) is 0 Å². The van der Waals surface area contributed by atoms with Gasteiger partial charge in [-0.3, -0.25) is 4.79 Å². The number of nitrogens with zero attached hydrogens (tertiary/aromatic N) is 1. The first-order valence-electron chi connectivity index (χ1n) is 5.90. The van der Waals surface area contributed by atoms with Gasteiger partial charge in [0.05, 0.1) is 31.6 Å². The Morgan fingerprint density at radius 1 is 1.32 bits per heavy atom. The number of nitrogens with two attached hydrogens (primary N) is 2. The molecule has 1 amide bonds. The zero-order valence-corrected chi connectivity index (χ0v) is 10.9. The number of nitrogen functional groups attached to an aromatic ring is 1. The molecule has 1 heterocycles. The predicted molar refractivity (Wildman–Crippen MR) is 70.0 cm³/mol. The first-order valence-corrected chi connectivity index (χ1v) is 5.90. The van der Waals surface area contributed by atoms with Gasteiger partial charge in [0.1, 0.15) is 11.6 Å². The quantitative estimate of drug-likeness (QED) is 0.619. The van der Waals surface area contributed by atoms with Gasteiger partial charge in [0.2, 0.25) is 0 Å². The van der Waals surface area contributed by atoms with Crippen LogP contribution in [0.1, 0.15) is 16.8 Å². The fourth-order valence-corrected chi connectivity index (χ4v) is 1.35. The number of anilines is 1. The van der Waals surface area contributed by atoms with Gasteiger partial charge < -0.3 is 25.7 Å². The monoisotopic (exact) mass is 269 g/mol. The molecular weight excluding hydrogens is 250 g/mol. The number of rotatable bonds is 9. The van der Waals surface area contributed by atoms with Crippen molar-refractivity contribution in [3.8, 4) is 5.75 Å². The third kappa shape index (κ3) is 5.54. The summed E-state index contributed by atoms with van der Waals surface area (Å²) in [5.41, 5.74) is 10.9. The van der Waals surface area contributed by atoms with E-state index in [0.29, 0.717) is 38.6 Å². The first-order chi connectivity index (χ1) is 9.15. The molecule has 1 rings (SSSR count). The lowest BCUT2D eigenvalue weighted by Gasteiger charge is -2.09. The fourth-order valence-electron chi connectivity index (χ4n) is 1.35.